The number of hydrogen-bond donors (Lipinski definition) is 4. The number of primary amides is 1. The summed E-state index contributed by atoms with van der Waals surface area (Å²) < 4.78 is 5.91. The lowest BCUT2D eigenvalue weighted by atomic mass is 9.85. The van der Waals surface area contributed by atoms with Crippen molar-refractivity contribution in [2.75, 3.05) is 44.2 Å². The lowest BCUT2D eigenvalue weighted by Gasteiger charge is -2.41. The monoisotopic (exact) mass is 772 g/mol. The largest absolute Gasteiger partial charge is 0.457 e. The maximum Gasteiger partial charge on any atom is 0.262 e. The van der Waals surface area contributed by atoms with Crippen molar-refractivity contribution in [2.45, 2.75) is 57.0 Å². The first-order chi connectivity index (χ1) is 27.6. The summed E-state index contributed by atoms with van der Waals surface area (Å²) in [6.07, 6.45) is 5.21. The van der Waals surface area contributed by atoms with Crippen molar-refractivity contribution in [1.29, 1.82) is 0 Å². The molecule has 3 fully saturated rings. The summed E-state index contributed by atoms with van der Waals surface area (Å²) in [7, 11) is 0. The van der Waals surface area contributed by atoms with Gasteiger partial charge in [0.25, 0.3) is 17.7 Å². The number of ether oxygens (including phenoxy) is 1. The molecule has 0 spiro atoms. The minimum atomic E-state index is -0.975. The molecule has 14 heteroatoms. The molecule has 5 aliphatic rings. The van der Waals surface area contributed by atoms with Gasteiger partial charge in [0.1, 0.15) is 28.9 Å². The molecule has 0 saturated carbocycles. The molecule has 3 aromatic rings. The number of aliphatic imine (C=N–C) groups is 1. The van der Waals surface area contributed by atoms with Crippen LogP contribution in [0.15, 0.2) is 83.4 Å². The van der Waals surface area contributed by atoms with E-state index in [1.807, 2.05) is 60.7 Å². The van der Waals surface area contributed by atoms with E-state index in [9.17, 15) is 24.0 Å². The van der Waals surface area contributed by atoms with E-state index in [1.165, 1.54) is 0 Å². The molecule has 0 aromatic heterocycles. The van der Waals surface area contributed by atoms with Crippen LogP contribution in [0.3, 0.4) is 0 Å². The SMILES string of the molecule is NC(=O)C(C1=NCC[C@@H](C2CCN(CC3CCN(c4ccc5c(c4)C(=O)N(C4CCC(=O)NC4=O)C5=O)CC3)CC2)N1)=C(N)c1ccc(Oc2ccccc2)cc1. The number of nitrogens with zero attached hydrogens (tertiary/aromatic N) is 4. The summed E-state index contributed by atoms with van der Waals surface area (Å²) in [5, 5.41) is 5.79. The van der Waals surface area contributed by atoms with Gasteiger partial charge in [0, 0.05) is 44.3 Å². The lowest BCUT2D eigenvalue weighted by Crippen LogP contribution is -2.54. The van der Waals surface area contributed by atoms with Crippen molar-refractivity contribution in [3.05, 3.63) is 95.1 Å². The highest BCUT2D eigenvalue weighted by atomic mass is 16.5. The predicted molar refractivity (Wildman–Crippen MR) is 214 cm³/mol. The van der Waals surface area contributed by atoms with E-state index >= 15 is 0 Å². The Kier molecular flexibility index (Phi) is 10.8. The van der Waals surface area contributed by atoms with Gasteiger partial charge in [-0.2, -0.15) is 0 Å². The van der Waals surface area contributed by atoms with Crippen molar-refractivity contribution in [2.24, 2.45) is 28.3 Å². The normalized spacial score (nSPS) is 22.7. The van der Waals surface area contributed by atoms with Gasteiger partial charge in [0.05, 0.1) is 16.8 Å². The van der Waals surface area contributed by atoms with Crippen LogP contribution in [0.4, 0.5) is 5.69 Å². The smallest absolute Gasteiger partial charge is 0.262 e. The second-order valence-electron chi connectivity index (χ2n) is 15.6. The maximum atomic E-state index is 13.4. The number of imide groups is 2. The molecule has 0 radical (unpaired) electrons. The number of anilines is 1. The van der Waals surface area contributed by atoms with Gasteiger partial charge in [-0.1, -0.05) is 18.2 Å². The first kappa shape index (κ1) is 37.9. The van der Waals surface area contributed by atoms with Gasteiger partial charge in [-0.3, -0.25) is 39.2 Å². The molecule has 3 aromatic carbocycles. The van der Waals surface area contributed by atoms with Crippen molar-refractivity contribution >= 4 is 46.8 Å². The molecule has 5 heterocycles. The van der Waals surface area contributed by atoms with E-state index in [0.717, 1.165) is 81.2 Å². The summed E-state index contributed by atoms with van der Waals surface area (Å²) in [6, 6.07) is 21.3. The molecule has 6 N–H and O–H groups in total. The van der Waals surface area contributed by atoms with E-state index in [-0.39, 0.29) is 30.2 Å². The minimum Gasteiger partial charge on any atom is -0.457 e. The average molecular weight is 773 g/mol. The van der Waals surface area contributed by atoms with Crippen LogP contribution in [0.2, 0.25) is 0 Å². The van der Waals surface area contributed by atoms with Crippen molar-refractivity contribution in [3.8, 4) is 11.5 Å². The third-order valence-corrected chi connectivity index (χ3v) is 12.0. The number of carbonyl (C=O) groups is 5. The topological polar surface area (TPSA) is 193 Å². The van der Waals surface area contributed by atoms with Gasteiger partial charge in [-0.05, 0) is 124 Å². The van der Waals surface area contributed by atoms with Gasteiger partial charge in [0.15, 0.2) is 0 Å². The highest BCUT2D eigenvalue weighted by Gasteiger charge is 2.45. The summed E-state index contributed by atoms with van der Waals surface area (Å²) in [5.74, 6) is 0.218. The number of carbonyl (C=O) groups excluding carboxylic acids is 5. The third kappa shape index (κ3) is 7.99. The first-order valence-electron chi connectivity index (χ1n) is 19.9. The van der Waals surface area contributed by atoms with Crippen LogP contribution in [-0.4, -0.2) is 96.5 Å². The fraction of sp³-hybridized carbons (Fsp3) is 0.395. The van der Waals surface area contributed by atoms with Crippen molar-refractivity contribution in [3.63, 3.8) is 0 Å². The molecule has 5 amide bonds. The van der Waals surface area contributed by atoms with Gasteiger partial charge in [0.2, 0.25) is 11.8 Å². The number of amides is 5. The van der Waals surface area contributed by atoms with E-state index < -0.39 is 35.6 Å². The van der Waals surface area contributed by atoms with Gasteiger partial charge >= 0.3 is 0 Å². The number of para-hydroxylation sites is 1. The molecule has 2 atom stereocenters. The Bertz CT molecular complexity index is 2120. The van der Waals surface area contributed by atoms with E-state index in [4.69, 9.17) is 16.2 Å². The summed E-state index contributed by atoms with van der Waals surface area (Å²) in [4.78, 5) is 73.8. The zero-order valence-electron chi connectivity index (χ0n) is 31.8. The number of rotatable bonds is 10. The van der Waals surface area contributed by atoms with Crippen LogP contribution in [0.25, 0.3) is 5.70 Å². The van der Waals surface area contributed by atoms with Crippen LogP contribution in [0.1, 0.15) is 71.2 Å². The Labute approximate surface area is 331 Å². The number of amidine groups is 1. The highest BCUT2D eigenvalue weighted by Crippen LogP contribution is 2.33. The quantitative estimate of drug-likeness (QED) is 0.175. The molecular weight excluding hydrogens is 725 g/mol. The first-order valence-corrected chi connectivity index (χ1v) is 19.9. The molecular formula is C43H48N8O6. The highest BCUT2D eigenvalue weighted by molar-refractivity contribution is 6.25. The Balaban J connectivity index is 0.818. The molecule has 0 bridgehead atoms. The standard InChI is InChI=1S/C43H48N8O6/c44-38(28-6-9-31(10-7-28)57-30-4-2-1-3-5-30)37(39(45)53)40-46-19-14-34(47-40)27-17-20-49(21-18-27)25-26-15-22-50(23-16-26)29-8-11-32-33(24-29)43(56)51(42(32)55)35-12-13-36(52)48-41(35)54/h1-11,24,26-27,34-35H,12-23,25,44H2,(H2,45,53)(H,46,47)(H,48,52,54)/t34-,35?/m0/s1. The number of likely N-dealkylation sites (tertiary alicyclic amines) is 1. The van der Waals surface area contributed by atoms with E-state index in [2.05, 4.69) is 25.4 Å². The molecule has 8 rings (SSSR count). The van der Waals surface area contributed by atoms with E-state index in [1.54, 1.807) is 12.1 Å². The van der Waals surface area contributed by atoms with Gasteiger partial charge < -0.3 is 31.3 Å². The number of hydrogen-bond acceptors (Lipinski definition) is 11. The molecule has 0 aliphatic carbocycles. The maximum absolute atomic E-state index is 13.4. The fourth-order valence-electron chi connectivity index (χ4n) is 8.89. The van der Waals surface area contributed by atoms with E-state index in [0.29, 0.717) is 46.7 Å². The number of nitrogens with two attached hydrogens (primary N) is 2. The second kappa shape index (κ2) is 16.2. The van der Waals surface area contributed by atoms with Crippen molar-refractivity contribution in [1.82, 2.24) is 20.4 Å². The van der Waals surface area contributed by atoms with Gasteiger partial charge in [-0.25, -0.2) is 0 Å². The number of piperidine rings is 3. The average Bonchev–Trinajstić information content (AvgIpc) is 3.47. The Morgan fingerprint density at radius 3 is 2.19 bits per heavy atom. The summed E-state index contributed by atoms with van der Waals surface area (Å²) in [6.45, 7) is 5.31. The third-order valence-electron chi connectivity index (χ3n) is 12.0. The second-order valence-corrected chi connectivity index (χ2v) is 15.6. The molecule has 1 unspecified atom stereocenters. The van der Waals surface area contributed by atoms with Gasteiger partial charge in [-0.15, -0.1) is 0 Å². The number of benzene rings is 3. The van der Waals surface area contributed by atoms with Crippen LogP contribution in [-0.2, 0) is 14.4 Å². The van der Waals surface area contributed by atoms with Crippen LogP contribution < -0.4 is 31.7 Å². The zero-order valence-corrected chi connectivity index (χ0v) is 31.8. The summed E-state index contributed by atoms with van der Waals surface area (Å²) >= 11 is 0. The van der Waals surface area contributed by atoms with Crippen molar-refractivity contribution < 1.29 is 28.7 Å². The molecule has 57 heavy (non-hydrogen) atoms. The lowest BCUT2D eigenvalue weighted by molar-refractivity contribution is -0.136. The van der Waals surface area contributed by atoms with Crippen LogP contribution in [0, 0.1) is 11.8 Å². The predicted octanol–water partition coefficient (Wildman–Crippen LogP) is 3.42. The molecule has 3 saturated heterocycles. The Morgan fingerprint density at radius 1 is 0.789 bits per heavy atom. The molecule has 296 valence electrons. The minimum absolute atomic E-state index is 0.0903. The number of fused-ring (bicyclic) bond motifs is 1. The molecule has 5 aliphatic heterocycles. The Hall–Kier alpha value is -6.02. The molecule has 14 nitrogen and oxygen atoms in total. The zero-order chi connectivity index (χ0) is 39.6. The summed E-state index contributed by atoms with van der Waals surface area (Å²) in [5.41, 5.74) is 15.1. The Morgan fingerprint density at radius 2 is 1.49 bits per heavy atom. The van der Waals surface area contributed by atoms with Crippen LogP contribution in [0.5, 0.6) is 11.5 Å². The fourth-order valence-corrected chi connectivity index (χ4v) is 8.89. The van der Waals surface area contributed by atoms with Crippen LogP contribution >= 0.6 is 0 Å². The number of nitrogens with one attached hydrogen (secondary N) is 2.